The Labute approximate surface area is 243 Å². The maximum Gasteiger partial charge on any atom is 0.142 e. The highest BCUT2D eigenvalue weighted by Crippen LogP contribution is 2.32. The first-order valence-electron chi connectivity index (χ1n) is 13.7. The van der Waals surface area contributed by atoms with Crippen LogP contribution in [0.25, 0.3) is 0 Å². The maximum atomic E-state index is 6.15. The van der Waals surface area contributed by atoms with Crippen LogP contribution in [0.1, 0.15) is 45.9 Å². The Balaban J connectivity index is 1.43. The van der Waals surface area contributed by atoms with Gasteiger partial charge in [-0.3, -0.25) is 0 Å². The summed E-state index contributed by atoms with van der Waals surface area (Å²) in [4.78, 5) is 0. The van der Waals surface area contributed by atoms with Crippen molar-refractivity contribution < 1.29 is 4.74 Å². The molecule has 39 heavy (non-hydrogen) atoms. The Kier molecular flexibility index (Phi) is 10.2. The standard InChI is InChI=1S/C34H38Cl2N2O/c1-5-39-32-22-29(18-25(4)34(32)38-15-13-27-9-7-11-31(36)21-27)19-28-16-23(2)33(24(3)17-28)37-14-12-26-8-6-10-30(35)20-26/h6-11,16-18,20-22,37-38H,5,12-15,19H2,1-4H3. The molecular formula is C34H38Cl2N2O. The second kappa shape index (κ2) is 13.8. The Morgan fingerprint density at radius 2 is 1.10 bits per heavy atom. The van der Waals surface area contributed by atoms with Gasteiger partial charge in [0.25, 0.3) is 0 Å². The number of rotatable bonds is 12. The molecule has 204 valence electrons. The maximum absolute atomic E-state index is 6.15. The number of halogens is 2. The van der Waals surface area contributed by atoms with Crippen LogP contribution in [0, 0.1) is 20.8 Å². The lowest BCUT2D eigenvalue weighted by Crippen LogP contribution is -2.09. The molecule has 0 saturated heterocycles. The summed E-state index contributed by atoms with van der Waals surface area (Å²) in [5.74, 6) is 0.909. The number of benzene rings is 4. The van der Waals surface area contributed by atoms with Gasteiger partial charge in [0, 0.05) is 28.8 Å². The number of hydrogen-bond acceptors (Lipinski definition) is 3. The zero-order valence-corrected chi connectivity index (χ0v) is 24.8. The minimum atomic E-state index is 0.625. The van der Waals surface area contributed by atoms with Crippen LogP contribution < -0.4 is 15.4 Å². The van der Waals surface area contributed by atoms with Crippen molar-refractivity contribution in [1.29, 1.82) is 0 Å². The fraction of sp³-hybridized carbons (Fsp3) is 0.294. The number of anilines is 2. The number of nitrogens with one attached hydrogen (secondary N) is 2. The third kappa shape index (κ3) is 8.17. The molecule has 0 aliphatic rings. The summed E-state index contributed by atoms with van der Waals surface area (Å²) >= 11 is 12.3. The summed E-state index contributed by atoms with van der Waals surface area (Å²) in [5, 5.41) is 8.80. The predicted molar refractivity (Wildman–Crippen MR) is 168 cm³/mol. The molecule has 0 saturated carbocycles. The predicted octanol–water partition coefficient (Wildman–Crippen LogP) is 9.22. The minimum Gasteiger partial charge on any atom is -0.492 e. The van der Waals surface area contributed by atoms with Crippen LogP contribution in [-0.2, 0) is 19.3 Å². The number of ether oxygens (including phenoxy) is 1. The summed E-state index contributed by atoms with van der Waals surface area (Å²) in [7, 11) is 0. The van der Waals surface area contributed by atoms with E-state index < -0.39 is 0 Å². The molecule has 0 heterocycles. The molecule has 0 bridgehead atoms. The largest absolute Gasteiger partial charge is 0.492 e. The zero-order valence-electron chi connectivity index (χ0n) is 23.3. The normalized spacial score (nSPS) is 10.9. The first kappa shape index (κ1) is 28.9. The van der Waals surface area contributed by atoms with Gasteiger partial charge in [-0.25, -0.2) is 0 Å². The Bertz CT molecular complexity index is 1390. The van der Waals surface area contributed by atoms with E-state index in [-0.39, 0.29) is 0 Å². The fourth-order valence-corrected chi connectivity index (χ4v) is 5.57. The Hall–Kier alpha value is -3.14. The lowest BCUT2D eigenvalue weighted by molar-refractivity contribution is 0.341. The first-order chi connectivity index (χ1) is 18.8. The molecule has 0 unspecified atom stereocenters. The van der Waals surface area contributed by atoms with Crippen LogP contribution in [0.4, 0.5) is 11.4 Å². The van der Waals surface area contributed by atoms with Crippen molar-refractivity contribution in [2.24, 2.45) is 0 Å². The van der Waals surface area contributed by atoms with Crippen LogP contribution in [0.3, 0.4) is 0 Å². The van der Waals surface area contributed by atoms with Gasteiger partial charge in [-0.05, 0) is 116 Å². The van der Waals surface area contributed by atoms with Crippen molar-refractivity contribution in [1.82, 2.24) is 0 Å². The average Bonchev–Trinajstić information content (AvgIpc) is 2.87. The molecule has 4 aromatic carbocycles. The summed E-state index contributed by atoms with van der Waals surface area (Å²) < 4.78 is 6.07. The van der Waals surface area contributed by atoms with E-state index in [1.165, 1.54) is 44.6 Å². The lowest BCUT2D eigenvalue weighted by atomic mass is 9.97. The van der Waals surface area contributed by atoms with E-state index in [9.17, 15) is 0 Å². The van der Waals surface area contributed by atoms with Crippen molar-refractivity contribution in [2.45, 2.75) is 47.0 Å². The van der Waals surface area contributed by atoms with Crippen LogP contribution in [0.15, 0.2) is 72.8 Å². The van der Waals surface area contributed by atoms with Gasteiger partial charge in [0.15, 0.2) is 0 Å². The Morgan fingerprint density at radius 3 is 1.62 bits per heavy atom. The molecular weight excluding hydrogens is 523 g/mol. The minimum absolute atomic E-state index is 0.625. The van der Waals surface area contributed by atoms with Gasteiger partial charge in [-0.15, -0.1) is 0 Å². The van der Waals surface area contributed by atoms with Crippen molar-refractivity contribution in [3.05, 3.63) is 122 Å². The average molecular weight is 562 g/mol. The van der Waals surface area contributed by atoms with Crippen LogP contribution in [0.2, 0.25) is 10.0 Å². The highest BCUT2D eigenvalue weighted by atomic mass is 35.5. The fourth-order valence-electron chi connectivity index (χ4n) is 5.14. The molecule has 0 aromatic heterocycles. The summed E-state index contributed by atoms with van der Waals surface area (Å²) in [6, 6.07) is 25.1. The molecule has 2 N–H and O–H groups in total. The molecule has 4 aromatic rings. The van der Waals surface area contributed by atoms with Gasteiger partial charge >= 0.3 is 0 Å². The van der Waals surface area contributed by atoms with E-state index in [0.717, 1.165) is 53.8 Å². The van der Waals surface area contributed by atoms with E-state index in [1.807, 2.05) is 43.3 Å². The van der Waals surface area contributed by atoms with E-state index >= 15 is 0 Å². The van der Waals surface area contributed by atoms with Gasteiger partial charge in [0.2, 0.25) is 0 Å². The molecule has 4 rings (SSSR count). The Morgan fingerprint density at radius 1 is 0.615 bits per heavy atom. The molecule has 0 radical (unpaired) electrons. The van der Waals surface area contributed by atoms with Crippen molar-refractivity contribution in [3.8, 4) is 5.75 Å². The topological polar surface area (TPSA) is 33.3 Å². The highest BCUT2D eigenvalue weighted by molar-refractivity contribution is 6.30. The van der Waals surface area contributed by atoms with Crippen molar-refractivity contribution >= 4 is 34.6 Å². The first-order valence-corrected chi connectivity index (χ1v) is 14.4. The summed E-state index contributed by atoms with van der Waals surface area (Å²) in [6.07, 6.45) is 2.68. The number of aryl methyl sites for hydroxylation is 3. The lowest BCUT2D eigenvalue weighted by Gasteiger charge is -2.18. The van der Waals surface area contributed by atoms with Gasteiger partial charge in [0.05, 0.1) is 12.3 Å². The molecule has 0 aliphatic heterocycles. The van der Waals surface area contributed by atoms with Crippen LogP contribution >= 0.6 is 23.2 Å². The molecule has 0 spiro atoms. The molecule has 3 nitrogen and oxygen atoms in total. The molecule has 0 atom stereocenters. The van der Waals surface area contributed by atoms with Gasteiger partial charge in [-0.2, -0.15) is 0 Å². The third-order valence-electron chi connectivity index (χ3n) is 6.87. The van der Waals surface area contributed by atoms with Gasteiger partial charge in [0.1, 0.15) is 5.75 Å². The van der Waals surface area contributed by atoms with E-state index in [4.69, 9.17) is 27.9 Å². The van der Waals surface area contributed by atoms with Crippen LogP contribution in [-0.4, -0.2) is 19.7 Å². The van der Waals surface area contributed by atoms with Gasteiger partial charge < -0.3 is 15.4 Å². The van der Waals surface area contributed by atoms with E-state index in [1.54, 1.807) is 0 Å². The summed E-state index contributed by atoms with van der Waals surface area (Å²) in [5.41, 5.74) is 11.0. The van der Waals surface area contributed by atoms with Gasteiger partial charge in [-0.1, -0.05) is 65.7 Å². The second-order valence-corrected chi connectivity index (χ2v) is 11.0. The molecule has 0 amide bonds. The molecule has 5 heteroatoms. The van der Waals surface area contributed by atoms with Crippen LogP contribution in [0.5, 0.6) is 5.75 Å². The third-order valence-corrected chi connectivity index (χ3v) is 7.34. The van der Waals surface area contributed by atoms with E-state index in [0.29, 0.717) is 6.61 Å². The summed E-state index contributed by atoms with van der Waals surface area (Å²) in [6.45, 7) is 10.8. The monoisotopic (exact) mass is 560 g/mol. The molecule has 0 fully saturated rings. The van der Waals surface area contributed by atoms with E-state index in [2.05, 4.69) is 67.8 Å². The SMILES string of the molecule is CCOc1cc(Cc2cc(C)c(NCCc3cccc(Cl)c3)c(C)c2)cc(C)c1NCCc1cccc(Cl)c1. The quantitative estimate of drug-likeness (QED) is 0.181. The second-order valence-electron chi connectivity index (χ2n) is 10.1. The molecule has 0 aliphatic carbocycles. The number of hydrogen-bond donors (Lipinski definition) is 2. The smallest absolute Gasteiger partial charge is 0.142 e. The van der Waals surface area contributed by atoms with Crippen molar-refractivity contribution in [3.63, 3.8) is 0 Å². The zero-order chi connectivity index (χ0) is 27.8. The highest BCUT2D eigenvalue weighted by Gasteiger charge is 2.12. The van der Waals surface area contributed by atoms with Crippen molar-refractivity contribution in [2.75, 3.05) is 30.3 Å².